The number of nitrogens with two attached hydrogens (primary N) is 3. The zero-order chi connectivity index (χ0) is 22.5. The summed E-state index contributed by atoms with van der Waals surface area (Å²) in [6, 6.07) is 2.70. The van der Waals surface area contributed by atoms with Crippen LogP contribution in [0.5, 0.6) is 0 Å². The number of nitrogens with zero attached hydrogens (tertiary/aromatic N) is 6. The Kier molecular flexibility index (Phi) is 24.0. The van der Waals surface area contributed by atoms with Gasteiger partial charge >= 0.3 is 5.88 Å². The van der Waals surface area contributed by atoms with Crippen molar-refractivity contribution in [1.82, 2.24) is 20.7 Å². The van der Waals surface area contributed by atoms with Gasteiger partial charge < -0.3 is 25.7 Å². The molecular weight excluding hydrogens is 726 g/mol. The third kappa shape index (κ3) is 16.1. The second kappa shape index (κ2) is 21.9. The fourth-order valence-electron chi connectivity index (χ4n) is 2.98. The van der Waals surface area contributed by atoms with Crippen LogP contribution in [0.4, 0.5) is 5.88 Å². The number of nitrogens with one attached hydrogen (secondary N) is 2. The molecule has 204 valence electrons. The topological polar surface area (TPSA) is 202 Å². The molecule has 0 saturated carbocycles. The maximum atomic E-state index is 10.6. The van der Waals surface area contributed by atoms with Gasteiger partial charge in [-0.05, 0) is 18.9 Å². The van der Waals surface area contributed by atoms with E-state index in [1.807, 2.05) is 0 Å². The van der Waals surface area contributed by atoms with E-state index < -0.39 is 4.92 Å². The van der Waals surface area contributed by atoms with Gasteiger partial charge in [-0.1, -0.05) is 0 Å². The summed E-state index contributed by atoms with van der Waals surface area (Å²) >= 11 is 0. The van der Waals surface area contributed by atoms with Crippen LogP contribution in [0.1, 0.15) is 18.6 Å². The molecule has 0 bridgehead atoms. The molecule has 0 atom stereocenters. The zero-order valence-electron chi connectivity index (χ0n) is 19.1. The van der Waals surface area contributed by atoms with E-state index in [1.54, 1.807) is 0 Å². The first kappa shape index (κ1) is 38.2. The highest BCUT2D eigenvalue weighted by molar-refractivity contribution is 8.93. The van der Waals surface area contributed by atoms with Crippen molar-refractivity contribution < 1.29 is 9.34 Å². The van der Waals surface area contributed by atoms with Crippen LogP contribution in [0.3, 0.4) is 0 Å². The summed E-state index contributed by atoms with van der Waals surface area (Å²) in [6.07, 6.45) is 3.13. The predicted octanol–water partition coefficient (Wildman–Crippen LogP) is 0.913. The summed E-state index contributed by atoms with van der Waals surface area (Å²) in [5, 5.41) is 14.4. The third-order valence-electron chi connectivity index (χ3n) is 4.61. The summed E-state index contributed by atoms with van der Waals surface area (Å²) in [6.45, 7) is 7.28. The molecule has 18 heteroatoms. The SMILES string of the molecule is Br.Br.Br.Br.NNC(N)=NCCCN1CCN(CCCN=C(N)NN=Cc2ccc([N+](=O)[O-])o2)CC1. The first-order chi connectivity index (χ1) is 15.0. The fraction of sp³-hybridized carbons (Fsp3) is 0.588. The molecule has 1 saturated heterocycles. The molecule has 8 N–H and O–H groups in total. The van der Waals surface area contributed by atoms with Crippen LogP contribution in [-0.4, -0.2) is 85.2 Å². The van der Waals surface area contributed by atoms with Crippen molar-refractivity contribution >= 4 is 91.9 Å². The van der Waals surface area contributed by atoms with E-state index in [2.05, 4.69) is 35.7 Å². The fourth-order valence-corrected chi connectivity index (χ4v) is 2.98. The molecule has 14 nitrogen and oxygen atoms in total. The van der Waals surface area contributed by atoms with Crippen LogP contribution in [0.2, 0.25) is 0 Å². The van der Waals surface area contributed by atoms with Gasteiger partial charge in [0.05, 0.1) is 12.3 Å². The van der Waals surface area contributed by atoms with Crippen LogP contribution in [-0.2, 0) is 0 Å². The highest BCUT2D eigenvalue weighted by Gasteiger charge is 2.15. The maximum Gasteiger partial charge on any atom is 0.433 e. The van der Waals surface area contributed by atoms with Gasteiger partial charge in [0.1, 0.15) is 4.92 Å². The third-order valence-corrected chi connectivity index (χ3v) is 4.61. The number of aliphatic imine (C=N–C) groups is 2. The summed E-state index contributed by atoms with van der Waals surface area (Å²) in [7, 11) is 0. The minimum Gasteiger partial charge on any atom is -0.400 e. The Hall–Kier alpha value is -1.31. The zero-order valence-corrected chi connectivity index (χ0v) is 25.9. The van der Waals surface area contributed by atoms with E-state index >= 15 is 0 Å². The van der Waals surface area contributed by atoms with E-state index in [4.69, 9.17) is 21.7 Å². The highest BCUT2D eigenvalue weighted by Crippen LogP contribution is 2.13. The highest BCUT2D eigenvalue weighted by atomic mass is 79.9. The molecule has 1 aliphatic heterocycles. The van der Waals surface area contributed by atoms with Crippen molar-refractivity contribution in [1.29, 1.82) is 0 Å². The van der Waals surface area contributed by atoms with Crippen molar-refractivity contribution in [2.24, 2.45) is 32.4 Å². The number of rotatable bonds is 11. The molecule has 0 aliphatic carbocycles. The monoisotopic (exact) mass is 757 g/mol. The van der Waals surface area contributed by atoms with E-state index in [0.29, 0.717) is 13.1 Å². The first-order valence-electron chi connectivity index (χ1n) is 10.0. The van der Waals surface area contributed by atoms with Crippen LogP contribution in [0.25, 0.3) is 0 Å². The van der Waals surface area contributed by atoms with Crippen molar-refractivity contribution in [2.45, 2.75) is 12.8 Å². The molecule has 1 aromatic rings. The van der Waals surface area contributed by atoms with Gasteiger partial charge in [-0.3, -0.25) is 25.5 Å². The van der Waals surface area contributed by atoms with Crippen LogP contribution in [0.15, 0.2) is 31.6 Å². The van der Waals surface area contributed by atoms with E-state index in [1.165, 1.54) is 18.3 Å². The van der Waals surface area contributed by atoms with Gasteiger partial charge in [-0.25, -0.2) is 11.3 Å². The lowest BCUT2D eigenvalue weighted by atomic mass is 10.2. The Morgan fingerprint density at radius 2 is 1.51 bits per heavy atom. The molecule has 35 heavy (non-hydrogen) atoms. The van der Waals surface area contributed by atoms with Crippen LogP contribution < -0.4 is 28.2 Å². The number of piperazine rings is 1. The predicted molar refractivity (Wildman–Crippen MR) is 160 cm³/mol. The lowest BCUT2D eigenvalue weighted by Gasteiger charge is -2.34. The Bertz CT molecular complexity index is 787. The van der Waals surface area contributed by atoms with Crippen molar-refractivity contribution in [3.05, 3.63) is 28.0 Å². The quantitative estimate of drug-likeness (QED) is 0.0539. The summed E-state index contributed by atoms with van der Waals surface area (Å²) in [4.78, 5) is 23.1. The Balaban J connectivity index is -0.00000256. The van der Waals surface area contributed by atoms with E-state index in [-0.39, 0.29) is 91.5 Å². The smallest absolute Gasteiger partial charge is 0.400 e. The molecule has 0 spiro atoms. The molecule has 1 fully saturated rings. The molecule has 2 rings (SSSR count). The molecule has 1 aliphatic rings. The minimum absolute atomic E-state index is 0. The summed E-state index contributed by atoms with van der Waals surface area (Å²) in [5.74, 6) is 5.50. The van der Waals surface area contributed by atoms with Crippen LogP contribution in [0, 0.1) is 10.1 Å². The van der Waals surface area contributed by atoms with Crippen molar-refractivity contribution in [3.63, 3.8) is 0 Å². The van der Waals surface area contributed by atoms with E-state index in [0.717, 1.165) is 52.1 Å². The van der Waals surface area contributed by atoms with Crippen LogP contribution >= 0.6 is 67.9 Å². The van der Waals surface area contributed by atoms with Gasteiger partial charge in [0.2, 0.25) is 11.9 Å². The molecule has 2 heterocycles. The van der Waals surface area contributed by atoms with Gasteiger partial charge in [0.25, 0.3) is 0 Å². The van der Waals surface area contributed by atoms with Gasteiger partial charge in [0, 0.05) is 52.4 Å². The number of nitro groups is 1. The number of hydrazone groups is 1. The summed E-state index contributed by atoms with van der Waals surface area (Å²) in [5.41, 5.74) is 16.1. The molecule has 1 aromatic heterocycles. The minimum atomic E-state index is -0.616. The van der Waals surface area contributed by atoms with Crippen molar-refractivity contribution in [2.75, 3.05) is 52.4 Å². The average Bonchev–Trinajstić information content (AvgIpc) is 3.24. The number of halogens is 4. The first-order valence-corrected chi connectivity index (χ1v) is 10.0. The number of furan rings is 1. The second-order valence-electron chi connectivity index (χ2n) is 6.87. The largest absolute Gasteiger partial charge is 0.433 e. The molecule has 0 amide bonds. The van der Waals surface area contributed by atoms with Crippen molar-refractivity contribution in [3.8, 4) is 0 Å². The number of guanidine groups is 2. The van der Waals surface area contributed by atoms with Gasteiger partial charge in [0.15, 0.2) is 5.76 Å². The normalized spacial score (nSPS) is 14.8. The molecule has 0 unspecified atom stereocenters. The Morgan fingerprint density at radius 3 is 1.97 bits per heavy atom. The number of hydrogen-bond donors (Lipinski definition) is 5. The summed E-state index contributed by atoms with van der Waals surface area (Å²) < 4.78 is 4.95. The lowest BCUT2D eigenvalue weighted by Crippen LogP contribution is -2.47. The standard InChI is InChI=1S/C17H31N11O3.4BrH/c18-16(24-20)21-5-1-7-26-9-11-27(12-10-26)8-2-6-22-17(19)25-23-13-14-3-4-15(31-14)28(29)30;;;;/h3-4,13H,1-2,5-12,20H2,(H3,18,21,24)(H3,19,22,25);4*1H. The molecule has 0 radical (unpaired) electrons. The Labute approximate surface area is 246 Å². The number of hydrazine groups is 1. The lowest BCUT2D eigenvalue weighted by molar-refractivity contribution is -0.402. The Morgan fingerprint density at radius 1 is 1.00 bits per heavy atom. The van der Waals surface area contributed by atoms with E-state index in [9.17, 15) is 10.1 Å². The second-order valence-corrected chi connectivity index (χ2v) is 6.87. The van der Waals surface area contributed by atoms with Gasteiger partial charge in [-0.2, -0.15) is 5.10 Å². The average molecular weight is 761 g/mol. The maximum absolute atomic E-state index is 10.6. The molecular formula is C17H35Br4N11O3. The number of hydrogen-bond acceptors (Lipinski definition) is 9. The van der Waals surface area contributed by atoms with Gasteiger partial charge in [-0.15, -0.1) is 67.9 Å². The molecule has 0 aromatic carbocycles.